The molecule has 0 spiro atoms. The van der Waals surface area contributed by atoms with Gasteiger partial charge >= 0.3 is 0 Å². The number of rotatable bonds is 8. The van der Waals surface area contributed by atoms with Gasteiger partial charge in [-0.05, 0) is 61.4 Å². The van der Waals surface area contributed by atoms with Gasteiger partial charge in [0.1, 0.15) is 11.7 Å². The third-order valence-electron chi connectivity index (χ3n) is 5.06. The van der Waals surface area contributed by atoms with Crippen LogP contribution in [-0.4, -0.2) is 33.6 Å². The van der Waals surface area contributed by atoms with Crippen LogP contribution in [0.3, 0.4) is 0 Å². The highest BCUT2D eigenvalue weighted by Gasteiger charge is 2.35. The average molecular weight is 474 g/mol. The molecule has 2 aromatic carbocycles. The average Bonchev–Trinajstić information content (AvgIpc) is 3.24. The summed E-state index contributed by atoms with van der Waals surface area (Å²) in [6, 6.07) is 14.7. The summed E-state index contributed by atoms with van der Waals surface area (Å²) in [4.78, 5) is 16.8. The lowest BCUT2D eigenvalue weighted by Crippen LogP contribution is -2.35. The molecule has 2 aliphatic rings. The van der Waals surface area contributed by atoms with E-state index in [-0.39, 0.29) is 18.0 Å². The smallest absolute Gasteiger partial charge is 0.283 e. The summed E-state index contributed by atoms with van der Waals surface area (Å²) >= 11 is 1.33. The molecular weight excluding hydrogens is 450 g/mol. The molecule has 34 heavy (non-hydrogen) atoms. The minimum Gasteiger partial charge on any atom is -0.490 e. The van der Waals surface area contributed by atoms with E-state index in [4.69, 9.17) is 14.9 Å². The number of carbonyl (C=O) groups is 1. The molecule has 0 saturated carbocycles. The van der Waals surface area contributed by atoms with E-state index in [0.717, 1.165) is 23.4 Å². The number of fused-ring (bicyclic) bond motifs is 1. The molecule has 1 amide bonds. The number of hydrogen-bond acceptors (Lipinski definition) is 7. The third kappa shape index (κ3) is 4.87. The maximum Gasteiger partial charge on any atom is 0.283 e. The van der Waals surface area contributed by atoms with Crippen LogP contribution in [0, 0.1) is 16.7 Å². The number of benzene rings is 2. The molecule has 0 aromatic heterocycles. The summed E-state index contributed by atoms with van der Waals surface area (Å²) in [5.74, 6) is 0.556. The van der Waals surface area contributed by atoms with Crippen LogP contribution in [-0.2, 0) is 11.4 Å². The van der Waals surface area contributed by atoms with Crippen molar-refractivity contribution >= 4 is 39.8 Å². The number of nitriles is 1. The molecule has 2 aromatic rings. The maximum absolute atomic E-state index is 12.6. The van der Waals surface area contributed by atoms with Crippen LogP contribution >= 0.6 is 11.8 Å². The minimum atomic E-state index is -0.469. The molecule has 8 nitrogen and oxygen atoms in total. The van der Waals surface area contributed by atoms with E-state index < -0.39 is 5.91 Å². The number of nitrogens with zero attached hydrogens (tertiary/aromatic N) is 4. The molecule has 0 fully saturated rings. The van der Waals surface area contributed by atoms with Crippen molar-refractivity contribution in [2.45, 2.75) is 33.3 Å². The van der Waals surface area contributed by atoms with Crippen LogP contribution < -0.4 is 9.47 Å². The molecule has 0 atom stereocenters. The van der Waals surface area contributed by atoms with E-state index in [1.165, 1.54) is 16.8 Å². The monoisotopic (exact) mass is 473 g/mol. The van der Waals surface area contributed by atoms with Gasteiger partial charge < -0.3 is 9.47 Å². The van der Waals surface area contributed by atoms with E-state index in [9.17, 15) is 10.1 Å². The Morgan fingerprint density at radius 2 is 2.00 bits per heavy atom. The molecule has 0 radical (unpaired) electrons. The zero-order valence-corrected chi connectivity index (χ0v) is 19.7. The molecular formula is C25H23N5O3S. The van der Waals surface area contributed by atoms with Crippen LogP contribution in [0.25, 0.3) is 6.08 Å². The van der Waals surface area contributed by atoms with Gasteiger partial charge in [-0.15, -0.1) is 0 Å². The van der Waals surface area contributed by atoms with E-state index >= 15 is 0 Å². The second kappa shape index (κ2) is 10.4. The van der Waals surface area contributed by atoms with Crippen molar-refractivity contribution in [3.05, 3.63) is 64.7 Å². The topological polar surface area (TPSA) is 111 Å². The fraction of sp³-hybridized carbons (Fsp3) is 0.240. The fourth-order valence-corrected chi connectivity index (χ4v) is 4.41. The van der Waals surface area contributed by atoms with Crippen molar-refractivity contribution < 1.29 is 14.3 Å². The summed E-state index contributed by atoms with van der Waals surface area (Å²) in [6.45, 7) is 4.56. The predicted molar refractivity (Wildman–Crippen MR) is 133 cm³/mol. The minimum absolute atomic E-state index is 0.0000000149. The highest BCUT2D eigenvalue weighted by molar-refractivity contribution is 8.26. The standard InChI is InChI=1S/C25H23N5O3S/c1-3-7-22-29-30-23(27)19(24(31)28-25(30)34-22)12-16-10-11-20(21(13-16)32-4-2)33-15-18-9-6-5-8-17(18)14-26/h5-6,8-13,27H,3-4,7,15H2,1-2H3/b19-12-,27-23?. The van der Waals surface area contributed by atoms with Gasteiger partial charge in [0, 0.05) is 5.56 Å². The molecule has 2 heterocycles. The molecule has 0 bridgehead atoms. The first-order chi connectivity index (χ1) is 16.5. The highest BCUT2D eigenvalue weighted by atomic mass is 32.2. The van der Waals surface area contributed by atoms with Crippen LogP contribution in [0.2, 0.25) is 0 Å². The van der Waals surface area contributed by atoms with Gasteiger partial charge in [0.2, 0.25) is 5.17 Å². The van der Waals surface area contributed by atoms with Gasteiger partial charge in [-0.25, -0.2) is 0 Å². The quantitative estimate of drug-likeness (QED) is 0.543. The summed E-state index contributed by atoms with van der Waals surface area (Å²) in [7, 11) is 0. The van der Waals surface area contributed by atoms with Gasteiger partial charge in [0.05, 0.1) is 23.8 Å². The number of amidine groups is 2. The van der Waals surface area contributed by atoms with Crippen molar-refractivity contribution in [1.29, 1.82) is 10.7 Å². The Morgan fingerprint density at radius 1 is 1.18 bits per heavy atom. The largest absolute Gasteiger partial charge is 0.490 e. The number of hydrazone groups is 1. The molecule has 0 aliphatic carbocycles. The van der Waals surface area contributed by atoms with E-state index in [2.05, 4.69) is 23.1 Å². The second-order valence-electron chi connectivity index (χ2n) is 7.46. The lowest BCUT2D eigenvalue weighted by molar-refractivity contribution is -0.114. The Bertz CT molecular complexity index is 1280. The number of thioether (sulfide) groups is 1. The number of amides is 1. The van der Waals surface area contributed by atoms with E-state index in [1.807, 2.05) is 25.1 Å². The second-order valence-corrected chi connectivity index (χ2v) is 8.50. The molecule has 2 aliphatic heterocycles. The molecule has 0 unspecified atom stereocenters. The first kappa shape index (κ1) is 23.3. The Kier molecular flexibility index (Phi) is 7.09. The van der Waals surface area contributed by atoms with Gasteiger partial charge in [-0.1, -0.05) is 31.2 Å². The SMILES string of the molecule is CCCC1=NN2C(=N)/C(=C/c3ccc(OCc4ccccc4C#N)c(OCC)c3)C(=O)N=C2S1. The van der Waals surface area contributed by atoms with E-state index in [1.54, 1.807) is 30.3 Å². The maximum atomic E-state index is 12.6. The van der Waals surface area contributed by atoms with Gasteiger partial charge in [0.25, 0.3) is 5.91 Å². The number of carbonyl (C=O) groups excluding carboxylic acids is 1. The first-order valence-electron chi connectivity index (χ1n) is 10.9. The lowest BCUT2D eigenvalue weighted by atomic mass is 10.1. The summed E-state index contributed by atoms with van der Waals surface area (Å²) in [5.41, 5.74) is 2.16. The van der Waals surface area contributed by atoms with Gasteiger partial charge in [-0.3, -0.25) is 10.2 Å². The Balaban J connectivity index is 1.58. The zero-order chi connectivity index (χ0) is 24.1. The fourth-order valence-electron chi connectivity index (χ4n) is 3.43. The van der Waals surface area contributed by atoms with Crippen molar-refractivity contribution in [2.24, 2.45) is 10.1 Å². The Morgan fingerprint density at radius 3 is 2.76 bits per heavy atom. The van der Waals surface area contributed by atoms with Crippen LogP contribution in [0.1, 0.15) is 43.4 Å². The summed E-state index contributed by atoms with van der Waals surface area (Å²) in [6.07, 6.45) is 3.31. The van der Waals surface area contributed by atoms with Gasteiger partial charge in [-0.2, -0.15) is 20.4 Å². The molecule has 4 rings (SSSR count). The summed E-state index contributed by atoms with van der Waals surface area (Å²) < 4.78 is 11.7. The van der Waals surface area contributed by atoms with Crippen LogP contribution in [0.5, 0.6) is 11.5 Å². The highest BCUT2D eigenvalue weighted by Crippen LogP contribution is 2.33. The Hall–Kier alpha value is -3.90. The Labute approximate surface area is 202 Å². The number of ether oxygens (including phenoxy) is 2. The lowest BCUT2D eigenvalue weighted by Gasteiger charge is -2.20. The van der Waals surface area contributed by atoms with Crippen molar-refractivity contribution in [2.75, 3.05) is 6.61 Å². The summed E-state index contributed by atoms with van der Waals surface area (Å²) in [5, 5.41) is 24.9. The van der Waals surface area contributed by atoms with Gasteiger partial charge in [0.15, 0.2) is 17.3 Å². The molecule has 0 saturated heterocycles. The van der Waals surface area contributed by atoms with E-state index in [0.29, 0.717) is 34.4 Å². The van der Waals surface area contributed by atoms with Crippen molar-refractivity contribution in [1.82, 2.24) is 5.01 Å². The molecule has 172 valence electrons. The van der Waals surface area contributed by atoms with Crippen molar-refractivity contribution in [3.63, 3.8) is 0 Å². The normalized spacial score (nSPS) is 16.1. The zero-order valence-electron chi connectivity index (χ0n) is 18.9. The first-order valence-corrected chi connectivity index (χ1v) is 11.7. The predicted octanol–water partition coefficient (Wildman–Crippen LogP) is 4.96. The van der Waals surface area contributed by atoms with Crippen LogP contribution in [0.15, 0.2) is 58.1 Å². The molecule has 1 N–H and O–H groups in total. The molecule has 9 heteroatoms. The van der Waals surface area contributed by atoms with Crippen molar-refractivity contribution in [3.8, 4) is 17.6 Å². The number of aliphatic imine (C=N–C) groups is 1. The number of hydrogen-bond donors (Lipinski definition) is 1. The van der Waals surface area contributed by atoms with Crippen LogP contribution in [0.4, 0.5) is 0 Å². The third-order valence-corrected chi connectivity index (χ3v) is 6.03. The number of nitrogens with one attached hydrogen (secondary N) is 1.